The van der Waals surface area contributed by atoms with Gasteiger partial charge >= 0.3 is 6.03 Å². The second-order valence-electron chi connectivity index (χ2n) is 6.69. The van der Waals surface area contributed by atoms with Gasteiger partial charge in [-0.05, 0) is 48.0 Å². The van der Waals surface area contributed by atoms with E-state index in [1.807, 2.05) is 31.3 Å². The topological polar surface area (TPSA) is 52.6 Å². The van der Waals surface area contributed by atoms with E-state index in [1.165, 1.54) is 4.90 Å². The molecule has 1 saturated heterocycles. The van der Waals surface area contributed by atoms with Gasteiger partial charge in [-0.3, -0.25) is 4.79 Å². The van der Waals surface area contributed by atoms with E-state index in [2.05, 4.69) is 10.2 Å². The van der Waals surface area contributed by atoms with Gasteiger partial charge in [0.15, 0.2) is 0 Å². The average Bonchev–Trinajstić information content (AvgIpc) is 2.94. The second kappa shape index (κ2) is 7.68. The van der Waals surface area contributed by atoms with Crippen molar-refractivity contribution in [3.05, 3.63) is 63.1 Å². The quantitative estimate of drug-likeness (QED) is 0.737. The fourth-order valence-electron chi connectivity index (χ4n) is 3.70. The Bertz CT molecular complexity index is 903. The van der Waals surface area contributed by atoms with E-state index in [1.54, 1.807) is 12.1 Å². The van der Waals surface area contributed by atoms with Crippen molar-refractivity contribution in [3.8, 4) is 0 Å². The first kappa shape index (κ1) is 20.0. The average molecular weight is 427 g/mol. The Morgan fingerprint density at radius 2 is 1.93 bits per heavy atom. The molecule has 2 aromatic rings. The van der Waals surface area contributed by atoms with E-state index in [9.17, 15) is 9.59 Å². The Hall–Kier alpha value is -1.79. The molecule has 0 aliphatic carbocycles. The van der Waals surface area contributed by atoms with Crippen molar-refractivity contribution in [2.45, 2.75) is 12.5 Å². The molecule has 0 aromatic heterocycles. The monoisotopic (exact) mass is 425 g/mol. The van der Waals surface area contributed by atoms with E-state index in [-0.39, 0.29) is 36.8 Å². The number of urea groups is 1. The lowest BCUT2D eigenvalue weighted by molar-refractivity contribution is -0.115. The standard InChI is InChI=1S/C19H17Cl2N3O2.ClH/c1-23-9-15(14-6-12(20)7-17(21)16(14)10-23)11-3-2-4-13(5-11)24-18(25)8-22-19(24)26;/h2-7,15H,8-10H2,1H3,(H,22,26);1H. The fourth-order valence-corrected chi connectivity index (χ4v) is 4.26. The largest absolute Gasteiger partial charge is 0.329 e. The molecule has 2 aliphatic rings. The lowest BCUT2D eigenvalue weighted by Crippen LogP contribution is -2.32. The van der Waals surface area contributed by atoms with Crippen molar-refractivity contribution in [1.29, 1.82) is 0 Å². The SMILES string of the molecule is CN1Cc2c(Cl)cc(Cl)cc2C(c2cccc(N3C(=O)CNC3=O)c2)C1.Cl. The zero-order valence-corrected chi connectivity index (χ0v) is 16.9. The van der Waals surface area contributed by atoms with Crippen LogP contribution in [0.1, 0.15) is 22.6 Å². The van der Waals surface area contributed by atoms with Crippen LogP contribution in [0.15, 0.2) is 36.4 Å². The molecule has 3 amide bonds. The molecule has 1 N–H and O–H groups in total. The van der Waals surface area contributed by atoms with E-state index < -0.39 is 0 Å². The highest BCUT2D eigenvalue weighted by Gasteiger charge is 2.31. The van der Waals surface area contributed by atoms with Crippen LogP contribution in [-0.4, -0.2) is 37.0 Å². The first-order valence-electron chi connectivity index (χ1n) is 8.31. The summed E-state index contributed by atoms with van der Waals surface area (Å²) in [6, 6.07) is 10.9. The number of anilines is 1. The molecule has 1 unspecified atom stereocenters. The number of hydrogen-bond acceptors (Lipinski definition) is 3. The first-order chi connectivity index (χ1) is 12.4. The molecule has 1 atom stereocenters. The zero-order chi connectivity index (χ0) is 18.4. The third-order valence-electron chi connectivity index (χ3n) is 4.87. The van der Waals surface area contributed by atoms with Gasteiger partial charge in [0.25, 0.3) is 5.91 Å². The molecule has 0 bridgehead atoms. The normalized spacial score (nSPS) is 19.5. The number of halogens is 3. The van der Waals surface area contributed by atoms with Crippen molar-refractivity contribution in [2.75, 3.05) is 25.0 Å². The minimum Gasteiger partial charge on any atom is -0.328 e. The van der Waals surface area contributed by atoms with Crippen molar-refractivity contribution in [1.82, 2.24) is 10.2 Å². The number of nitrogens with zero attached hydrogens (tertiary/aromatic N) is 2. The smallest absolute Gasteiger partial charge is 0.328 e. The number of rotatable bonds is 2. The molecule has 2 heterocycles. The summed E-state index contributed by atoms with van der Waals surface area (Å²) in [6.07, 6.45) is 0. The van der Waals surface area contributed by atoms with Crippen molar-refractivity contribution < 1.29 is 9.59 Å². The Balaban J connectivity index is 0.00000210. The van der Waals surface area contributed by atoms with Crippen molar-refractivity contribution in [2.24, 2.45) is 0 Å². The first-order valence-corrected chi connectivity index (χ1v) is 9.06. The number of benzene rings is 2. The summed E-state index contributed by atoms with van der Waals surface area (Å²) in [6.45, 7) is 1.59. The van der Waals surface area contributed by atoms with Crippen LogP contribution in [0, 0.1) is 0 Å². The van der Waals surface area contributed by atoms with Gasteiger partial charge < -0.3 is 10.2 Å². The van der Waals surface area contributed by atoms with Gasteiger partial charge in [-0.15, -0.1) is 12.4 Å². The molecule has 0 radical (unpaired) electrons. The molecule has 0 saturated carbocycles. The molecular weight excluding hydrogens is 409 g/mol. The predicted octanol–water partition coefficient (Wildman–Crippen LogP) is 4.05. The Kier molecular flexibility index (Phi) is 5.68. The maximum Gasteiger partial charge on any atom is 0.329 e. The number of hydrogen-bond donors (Lipinski definition) is 1. The molecule has 2 aliphatic heterocycles. The summed E-state index contributed by atoms with van der Waals surface area (Å²) in [4.78, 5) is 27.4. The molecule has 1 fully saturated rings. The number of amides is 3. The van der Waals surface area contributed by atoms with Crippen LogP contribution in [0.4, 0.5) is 10.5 Å². The van der Waals surface area contributed by atoms with Crippen LogP contribution in [0.3, 0.4) is 0 Å². The third-order valence-corrected chi connectivity index (χ3v) is 5.42. The van der Waals surface area contributed by atoms with Gasteiger partial charge in [0.2, 0.25) is 0 Å². The number of imide groups is 1. The molecule has 2 aromatic carbocycles. The molecule has 27 heavy (non-hydrogen) atoms. The summed E-state index contributed by atoms with van der Waals surface area (Å²) in [5, 5.41) is 3.82. The third kappa shape index (κ3) is 3.65. The summed E-state index contributed by atoms with van der Waals surface area (Å²) >= 11 is 12.7. The van der Waals surface area contributed by atoms with Gasteiger partial charge in [-0.2, -0.15) is 0 Å². The highest BCUT2D eigenvalue weighted by Crippen LogP contribution is 2.39. The summed E-state index contributed by atoms with van der Waals surface area (Å²) in [5.41, 5.74) is 3.75. The van der Waals surface area contributed by atoms with Crippen LogP contribution < -0.4 is 10.2 Å². The number of carbonyl (C=O) groups excluding carboxylic acids is 2. The second-order valence-corrected chi connectivity index (χ2v) is 7.53. The highest BCUT2D eigenvalue weighted by molar-refractivity contribution is 6.35. The predicted molar refractivity (Wildman–Crippen MR) is 109 cm³/mol. The molecule has 142 valence electrons. The molecule has 4 rings (SSSR count). The van der Waals surface area contributed by atoms with E-state index >= 15 is 0 Å². The van der Waals surface area contributed by atoms with Crippen LogP contribution >= 0.6 is 35.6 Å². The van der Waals surface area contributed by atoms with Crippen molar-refractivity contribution >= 4 is 53.2 Å². The number of likely N-dealkylation sites (N-methyl/N-ethyl adjacent to an activating group) is 1. The van der Waals surface area contributed by atoms with Crippen LogP contribution in [0.25, 0.3) is 0 Å². The Morgan fingerprint density at radius 3 is 2.63 bits per heavy atom. The maximum atomic E-state index is 12.0. The van der Waals surface area contributed by atoms with Gasteiger partial charge in [0, 0.05) is 29.1 Å². The zero-order valence-electron chi connectivity index (χ0n) is 14.5. The summed E-state index contributed by atoms with van der Waals surface area (Å²) in [7, 11) is 2.04. The van der Waals surface area contributed by atoms with Gasteiger partial charge in [-0.25, -0.2) is 9.69 Å². The molecular formula is C19H18Cl3N3O2. The molecule has 8 heteroatoms. The van der Waals surface area contributed by atoms with E-state index in [4.69, 9.17) is 23.2 Å². The number of carbonyl (C=O) groups is 2. The van der Waals surface area contributed by atoms with Crippen LogP contribution in [-0.2, 0) is 11.3 Å². The van der Waals surface area contributed by atoms with Gasteiger partial charge in [-0.1, -0.05) is 35.3 Å². The summed E-state index contributed by atoms with van der Waals surface area (Å²) < 4.78 is 0. The van der Waals surface area contributed by atoms with E-state index in [0.717, 1.165) is 29.8 Å². The van der Waals surface area contributed by atoms with Crippen LogP contribution in [0.5, 0.6) is 0 Å². The minimum absolute atomic E-state index is 0. The lowest BCUT2D eigenvalue weighted by Gasteiger charge is -2.33. The Labute approximate surface area is 173 Å². The molecule has 0 spiro atoms. The maximum absolute atomic E-state index is 12.0. The van der Waals surface area contributed by atoms with Crippen molar-refractivity contribution in [3.63, 3.8) is 0 Å². The number of fused-ring (bicyclic) bond motifs is 1. The minimum atomic E-state index is -0.389. The number of nitrogens with one attached hydrogen (secondary N) is 1. The fraction of sp³-hybridized carbons (Fsp3) is 0.263. The van der Waals surface area contributed by atoms with E-state index in [0.29, 0.717) is 15.7 Å². The lowest BCUT2D eigenvalue weighted by atomic mass is 9.84. The molecule has 5 nitrogen and oxygen atoms in total. The van der Waals surface area contributed by atoms with Gasteiger partial charge in [0.1, 0.15) is 0 Å². The Morgan fingerprint density at radius 1 is 1.15 bits per heavy atom. The van der Waals surface area contributed by atoms with Crippen LogP contribution in [0.2, 0.25) is 10.0 Å². The highest BCUT2D eigenvalue weighted by atomic mass is 35.5. The van der Waals surface area contributed by atoms with Gasteiger partial charge in [0.05, 0.1) is 12.2 Å². The summed E-state index contributed by atoms with van der Waals surface area (Å²) in [5.74, 6) is -0.194.